The average Bonchev–Trinajstić information content (AvgIpc) is 3.18. The molecule has 29 heavy (non-hydrogen) atoms. The van der Waals surface area contributed by atoms with E-state index in [-0.39, 0.29) is 24.4 Å². The number of nitrogens with one attached hydrogen (secondary N) is 1. The van der Waals surface area contributed by atoms with Gasteiger partial charge in [-0.3, -0.25) is 9.69 Å². The van der Waals surface area contributed by atoms with Gasteiger partial charge < -0.3 is 11.1 Å². The third-order valence-corrected chi connectivity index (χ3v) is 6.17. The molecule has 1 heterocycles. The van der Waals surface area contributed by atoms with Crippen LogP contribution >= 0.6 is 12.4 Å². The van der Waals surface area contributed by atoms with Crippen molar-refractivity contribution in [1.29, 1.82) is 0 Å². The van der Waals surface area contributed by atoms with E-state index >= 15 is 0 Å². The Bertz CT molecular complexity index is 774. The maximum atomic E-state index is 13.1. The molecule has 5 heteroatoms. The summed E-state index contributed by atoms with van der Waals surface area (Å²) in [6, 6.07) is 16.6. The van der Waals surface area contributed by atoms with Crippen molar-refractivity contribution in [2.24, 2.45) is 11.7 Å². The highest BCUT2D eigenvalue weighted by Crippen LogP contribution is 2.33. The number of aryl methyl sites for hydroxylation is 2. The predicted molar refractivity (Wildman–Crippen MR) is 124 cm³/mol. The smallest absolute Gasteiger partial charge is 0.241 e. The van der Waals surface area contributed by atoms with Crippen LogP contribution in [0.5, 0.6) is 0 Å². The van der Waals surface area contributed by atoms with Gasteiger partial charge in [0.2, 0.25) is 5.91 Å². The fourth-order valence-electron chi connectivity index (χ4n) is 4.33. The van der Waals surface area contributed by atoms with Crippen molar-refractivity contribution < 1.29 is 4.79 Å². The lowest BCUT2D eigenvalue weighted by Crippen LogP contribution is -2.41. The van der Waals surface area contributed by atoms with Gasteiger partial charge in [0, 0.05) is 24.7 Å². The van der Waals surface area contributed by atoms with E-state index in [2.05, 4.69) is 66.5 Å². The van der Waals surface area contributed by atoms with Crippen LogP contribution in [0.3, 0.4) is 0 Å². The summed E-state index contributed by atoms with van der Waals surface area (Å²) in [5, 5.41) is 3.23. The van der Waals surface area contributed by atoms with Crippen LogP contribution in [0, 0.1) is 5.92 Å². The minimum absolute atomic E-state index is 0. The Morgan fingerprint density at radius 2 is 1.69 bits per heavy atom. The van der Waals surface area contributed by atoms with Crippen molar-refractivity contribution in [3.63, 3.8) is 0 Å². The van der Waals surface area contributed by atoms with Crippen LogP contribution in [-0.2, 0) is 17.6 Å². The van der Waals surface area contributed by atoms with Gasteiger partial charge in [0.1, 0.15) is 0 Å². The molecule has 0 aromatic heterocycles. The van der Waals surface area contributed by atoms with Gasteiger partial charge in [-0.15, -0.1) is 12.4 Å². The van der Waals surface area contributed by atoms with Gasteiger partial charge in [0.05, 0.1) is 6.04 Å². The normalized spacial score (nSPS) is 20.1. The maximum Gasteiger partial charge on any atom is 0.241 e. The number of rotatable bonds is 7. The van der Waals surface area contributed by atoms with E-state index in [4.69, 9.17) is 5.73 Å². The first-order valence-corrected chi connectivity index (χ1v) is 10.5. The molecule has 0 saturated carbocycles. The van der Waals surface area contributed by atoms with E-state index < -0.39 is 0 Å². The highest BCUT2D eigenvalue weighted by atomic mass is 35.5. The van der Waals surface area contributed by atoms with Gasteiger partial charge in [0.25, 0.3) is 0 Å². The Morgan fingerprint density at radius 1 is 1.07 bits per heavy atom. The number of carbonyl (C=O) groups is 1. The van der Waals surface area contributed by atoms with Gasteiger partial charge in [-0.2, -0.15) is 0 Å². The van der Waals surface area contributed by atoms with Gasteiger partial charge >= 0.3 is 0 Å². The fourth-order valence-corrected chi connectivity index (χ4v) is 4.33. The zero-order valence-electron chi connectivity index (χ0n) is 17.7. The SMILES string of the molecule is CCc1cccc(CC)c1NC(=O)C(C)N1C[C@@H](CN)[C@H](c2ccccc2)C1.Cl. The minimum Gasteiger partial charge on any atom is -0.330 e. The van der Waals surface area contributed by atoms with Crippen LogP contribution in [0.1, 0.15) is 43.4 Å². The molecular formula is C24H34ClN3O. The van der Waals surface area contributed by atoms with Gasteiger partial charge in [-0.1, -0.05) is 62.4 Å². The number of halogens is 1. The van der Waals surface area contributed by atoms with E-state index in [9.17, 15) is 4.79 Å². The highest BCUT2D eigenvalue weighted by molar-refractivity contribution is 5.96. The standard InChI is InChI=1S/C24H33N3O.ClH/c1-4-18-12-9-13-19(5-2)23(18)26-24(28)17(3)27-15-21(14-25)22(16-27)20-10-7-6-8-11-20;/h6-13,17,21-22H,4-5,14-16,25H2,1-3H3,(H,26,28);1H/t17?,21-,22+;/m1./s1. The van der Waals surface area contributed by atoms with E-state index in [0.29, 0.717) is 18.4 Å². The second-order valence-electron chi connectivity index (χ2n) is 7.79. The molecule has 0 radical (unpaired) electrons. The highest BCUT2D eigenvalue weighted by Gasteiger charge is 2.37. The molecule has 2 aromatic rings. The van der Waals surface area contributed by atoms with Crippen LogP contribution in [0.25, 0.3) is 0 Å². The number of carbonyl (C=O) groups excluding carboxylic acids is 1. The largest absolute Gasteiger partial charge is 0.330 e. The van der Waals surface area contributed by atoms with E-state index in [0.717, 1.165) is 31.6 Å². The lowest BCUT2D eigenvalue weighted by atomic mass is 9.89. The summed E-state index contributed by atoms with van der Waals surface area (Å²) in [5.74, 6) is 0.836. The zero-order chi connectivity index (χ0) is 20.1. The number of amides is 1. The summed E-state index contributed by atoms with van der Waals surface area (Å²) >= 11 is 0. The molecule has 2 aromatic carbocycles. The zero-order valence-corrected chi connectivity index (χ0v) is 18.5. The van der Waals surface area contributed by atoms with Crippen LogP contribution in [0.15, 0.2) is 48.5 Å². The van der Waals surface area contributed by atoms with Crippen molar-refractivity contribution in [2.75, 3.05) is 25.0 Å². The van der Waals surface area contributed by atoms with Crippen LogP contribution in [0.2, 0.25) is 0 Å². The summed E-state index contributed by atoms with van der Waals surface area (Å²) in [6.07, 6.45) is 1.82. The van der Waals surface area contributed by atoms with E-state index in [1.807, 2.05) is 13.0 Å². The number of hydrogen-bond donors (Lipinski definition) is 2. The first kappa shape index (κ1) is 23.4. The Balaban J connectivity index is 0.00000300. The van der Waals surface area contributed by atoms with Gasteiger partial charge in [-0.25, -0.2) is 0 Å². The summed E-state index contributed by atoms with van der Waals surface area (Å²) in [6.45, 7) is 8.64. The molecule has 1 saturated heterocycles. The second-order valence-corrected chi connectivity index (χ2v) is 7.79. The molecule has 158 valence electrons. The quantitative estimate of drug-likeness (QED) is 0.711. The Kier molecular flexibility index (Phi) is 8.69. The van der Waals surface area contributed by atoms with Crippen molar-refractivity contribution in [3.8, 4) is 0 Å². The third-order valence-electron chi connectivity index (χ3n) is 6.17. The van der Waals surface area contributed by atoms with Crippen molar-refractivity contribution in [3.05, 3.63) is 65.2 Å². The molecule has 0 spiro atoms. The molecule has 3 N–H and O–H groups in total. The Morgan fingerprint density at radius 3 is 2.24 bits per heavy atom. The minimum atomic E-state index is -0.183. The summed E-state index contributed by atoms with van der Waals surface area (Å²) in [4.78, 5) is 15.4. The average molecular weight is 416 g/mol. The maximum absolute atomic E-state index is 13.1. The molecule has 1 aliphatic heterocycles. The van der Waals surface area contributed by atoms with E-state index in [1.54, 1.807) is 0 Å². The van der Waals surface area contributed by atoms with Gasteiger partial charge in [-0.05, 0) is 48.9 Å². The molecule has 0 aliphatic carbocycles. The molecule has 1 fully saturated rings. The number of hydrogen-bond acceptors (Lipinski definition) is 3. The molecule has 1 amide bonds. The topological polar surface area (TPSA) is 58.4 Å². The van der Waals surface area contributed by atoms with Crippen LogP contribution in [-0.4, -0.2) is 36.5 Å². The first-order valence-electron chi connectivity index (χ1n) is 10.5. The summed E-state index contributed by atoms with van der Waals surface area (Å²) in [5.41, 5.74) is 10.8. The lowest BCUT2D eigenvalue weighted by molar-refractivity contribution is -0.120. The number of benzene rings is 2. The van der Waals surface area contributed by atoms with Crippen molar-refractivity contribution >= 4 is 24.0 Å². The molecule has 3 rings (SSSR count). The summed E-state index contributed by atoms with van der Waals surface area (Å²) in [7, 11) is 0. The molecule has 4 nitrogen and oxygen atoms in total. The van der Waals surface area contributed by atoms with Crippen LogP contribution < -0.4 is 11.1 Å². The Hall–Kier alpha value is -1.88. The number of anilines is 1. The Labute approximate surface area is 181 Å². The molecule has 0 bridgehead atoms. The predicted octanol–water partition coefficient (Wildman–Crippen LogP) is 4.23. The molecule has 3 atom stereocenters. The summed E-state index contributed by atoms with van der Waals surface area (Å²) < 4.78 is 0. The van der Waals surface area contributed by atoms with Crippen molar-refractivity contribution in [1.82, 2.24) is 4.90 Å². The number of para-hydroxylation sites is 1. The first-order chi connectivity index (χ1) is 13.6. The van der Waals surface area contributed by atoms with Crippen LogP contribution in [0.4, 0.5) is 5.69 Å². The molecule has 1 aliphatic rings. The second kappa shape index (κ2) is 10.8. The number of likely N-dealkylation sites (tertiary alicyclic amines) is 1. The lowest BCUT2D eigenvalue weighted by Gasteiger charge is -2.25. The van der Waals surface area contributed by atoms with Gasteiger partial charge in [0.15, 0.2) is 0 Å². The van der Waals surface area contributed by atoms with E-state index in [1.165, 1.54) is 16.7 Å². The molecule has 1 unspecified atom stereocenters. The molecular weight excluding hydrogens is 382 g/mol. The number of nitrogens with two attached hydrogens (primary N) is 1. The van der Waals surface area contributed by atoms with Crippen molar-refractivity contribution in [2.45, 2.75) is 45.6 Å². The fraction of sp³-hybridized carbons (Fsp3) is 0.458. The third kappa shape index (κ3) is 5.19. The monoisotopic (exact) mass is 415 g/mol. The number of nitrogens with zero attached hydrogens (tertiary/aromatic N) is 1.